The van der Waals surface area contributed by atoms with E-state index < -0.39 is 6.10 Å². The Labute approximate surface area is 95.7 Å². The summed E-state index contributed by atoms with van der Waals surface area (Å²) in [7, 11) is 0. The minimum atomic E-state index is -0.775. The molecule has 0 unspecified atom stereocenters. The largest absolute Gasteiger partial charge is 0.455 e. The number of aromatic amines is 1. The van der Waals surface area contributed by atoms with Crippen molar-refractivity contribution in [3.63, 3.8) is 0 Å². The zero-order valence-electron chi connectivity index (χ0n) is 8.83. The van der Waals surface area contributed by atoms with Crippen molar-refractivity contribution in [3.05, 3.63) is 28.7 Å². The lowest BCUT2D eigenvalue weighted by Gasteiger charge is -2.12. The first-order valence-electron chi connectivity index (χ1n) is 4.97. The van der Waals surface area contributed by atoms with Crippen molar-refractivity contribution in [3.8, 4) is 6.01 Å². The molecular formula is C10H11N3O4. The molecule has 0 aliphatic heterocycles. The van der Waals surface area contributed by atoms with Crippen molar-refractivity contribution in [1.82, 2.24) is 15.0 Å². The topological polar surface area (TPSA) is 108 Å². The van der Waals surface area contributed by atoms with Crippen LogP contribution in [0.25, 0.3) is 11.0 Å². The fraction of sp³-hybridized carbons (Fsp3) is 0.300. The average molecular weight is 237 g/mol. The summed E-state index contributed by atoms with van der Waals surface area (Å²) in [4.78, 5) is 21.5. The van der Waals surface area contributed by atoms with Crippen LogP contribution < -0.4 is 10.3 Å². The lowest BCUT2D eigenvalue weighted by atomic mass is 10.3. The van der Waals surface area contributed by atoms with Gasteiger partial charge >= 0.3 is 6.01 Å². The second-order valence-corrected chi connectivity index (χ2v) is 3.38. The van der Waals surface area contributed by atoms with E-state index in [1.807, 2.05) is 0 Å². The van der Waals surface area contributed by atoms with Crippen LogP contribution in [-0.2, 0) is 0 Å². The van der Waals surface area contributed by atoms with Gasteiger partial charge in [0.1, 0.15) is 11.8 Å². The maximum Gasteiger partial charge on any atom is 0.318 e. The standard InChI is InChI=1S/C10H11N3O4/c14-4-7(5-15)17-10-11-3-6-1-2-8(16)12-9(6)13-10/h1-3,7,14-15H,4-5H2,(H,11,12,13,16). The molecule has 0 atom stereocenters. The van der Waals surface area contributed by atoms with Crippen LogP contribution in [0.2, 0.25) is 0 Å². The summed E-state index contributed by atoms with van der Waals surface area (Å²) in [6.07, 6.45) is 0.710. The van der Waals surface area contributed by atoms with Gasteiger partial charge in [-0.25, -0.2) is 4.98 Å². The predicted molar refractivity (Wildman–Crippen MR) is 58.7 cm³/mol. The Morgan fingerprint density at radius 1 is 1.35 bits per heavy atom. The van der Waals surface area contributed by atoms with Gasteiger partial charge in [0.25, 0.3) is 0 Å². The molecular weight excluding hydrogens is 226 g/mol. The Hall–Kier alpha value is -1.99. The highest BCUT2D eigenvalue weighted by Crippen LogP contribution is 2.10. The quantitative estimate of drug-likeness (QED) is 0.632. The van der Waals surface area contributed by atoms with Crippen molar-refractivity contribution in [2.75, 3.05) is 13.2 Å². The smallest absolute Gasteiger partial charge is 0.318 e. The average Bonchev–Trinajstić information content (AvgIpc) is 2.35. The molecule has 90 valence electrons. The molecule has 0 aromatic carbocycles. The van der Waals surface area contributed by atoms with Crippen LogP contribution >= 0.6 is 0 Å². The van der Waals surface area contributed by atoms with E-state index in [1.54, 1.807) is 6.07 Å². The third kappa shape index (κ3) is 2.58. The summed E-state index contributed by atoms with van der Waals surface area (Å²) in [5.41, 5.74) is 0.0696. The number of nitrogens with one attached hydrogen (secondary N) is 1. The first kappa shape index (κ1) is 11.5. The Balaban J connectivity index is 2.33. The summed E-state index contributed by atoms with van der Waals surface area (Å²) in [6.45, 7) is -0.688. The molecule has 0 spiro atoms. The summed E-state index contributed by atoms with van der Waals surface area (Å²) in [6, 6.07) is 2.96. The fourth-order valence-corrected chi connectivity index (χ4v) is 1.26. The summed E-state index contributed by atoms with van der Waals surface area (Å²) >= 11 is 0. The van der Waals surface area contributed by atoms with Crippen LogP contribution in [0.4, 0.5) is 0 Å². The third-order valence-electron chi connectivity index (χ3n) is 2.13. The monoisotopic (exact) mass is 237 g/mol. The lowest BCUT2D eigenvalue weighted by molar-refractivity contribution is 0.0563. The highest BCUT2D eigenvalue weighted by Gasteiger charge is 2.10. The molecule has 0 radical (unpaired) electrons. The van der Waals surface area contributed by atoms with Crippen molar-refractivity contribution in [2.24, 2.45) is 0 Å². The van der Waals surface area contributed by atoms with E-state index in [9.17, 15) is 4.79 Å². The molecule has 2 aromatic rings. The Kier molecular flexibility index (Phi) is 3.31. The van der Waals surface area contributed by atoms with Gasteiger partial charge in [-0.2, -0.15) is 4.98 Å². The number of aromatic nitrogens is 3. The molecule has 0 saturated heterocycles. The Morgan fingerprint density at radius 2 is 2.12 bits per heavy atom. The number of pyridine rings is 1. The van der Waals surface area contributed by atoms with E-state index in [0.717, 1.165) is 0 Å². The number of nitrogens with zero attached hydrogens (tertiary/aromatic N) is 2. The number of fused-ring (bicyclic) bond motifs is 1. The number of aliphatic hydroxyl groups is 2. The highest BCUT2D eigenvalue weighted by molar-refractivity contribution is 5.73. The summed E-state index contributed by atoms with van der Waals surface area (Å²) in [5.74, 6) is 0. The molecule has 0 aliphatic carbocycles. The van der Waals surface area contributed by atoms with E-state index >= 15 is 0 Å². The normalized spacial score (nSPS) is 11.0. The molecule has 3 N–H and O–H groups in total. The fourth-order valence-electron chi connectivity index (χ4n) is 1.26. The molecule has 7 nitrogen and oxygen atoms in total. The van der Waals surface area contributed by atoms with E-state index in [4.69, 9.17) is 14.9 Å². The SMILES string of the molecule is O=c1ccc2cnc(OC(CO)CO)nc2[nH]1. The zero-order valence-corrected chi connectivity index (χ0v) is 8.83. The zero-order chi connectivity index (χ0) is 12.3. The first-order chi connectivity index (χ1) is 8.22. The number of rotatable bonds is 4. The number of H-pyrrole nitrogens is 1. The van der Waals surface area contributed by atoms with Crippen LogP contribution in [0.15, 0.2) is 23.1 Å². The minimum absolute atomic E-state index is 0.00699. The summed E-state index contributed by atoms with van der Waals surface area (Å²) < 4.78 is 5.12. The van der Waals surface area contributed by atoms with Gasteiger partial charge < -0.3 is 19.9 Å². The second-order valence-electron chi connectivity index (χ2n) is 3.38. The molecule has 17 heavy (non-hydrogen) atoms. The predicted octanol–water partition coefficient (Wildman–Crippen LogP) is -0.950. The molecule has 2 aromatic heterocycles. The van der Waals surface area contributed by atoms with Gasteiger partial charge in [0.2, 0.25) is 5.56 Å². The summed E-state index contributed by atoms with van der Waals surface area (Å²) in [5, 5.41) is 18.4. The van der Waals surface area contributed by atoms with E-state index in [0.29, 0.717) is 11.0 Å². The molecule has 0 aliphatic rings. The maximum atomic E-state index is 11.1. The van der Waals surface area contributed by atoms with Gasteiger partial charge in [0, 0.05) is 17.6 Å². The molecule has 2 heterocycles. The van der Waals surface area contributed by atoms with E-state index in [-0.39, 0.29) is 24.8 Å². The van der Waals surface area contributed by atoms with Crippen molar-refractivity contribution < 1.29 is 14.9 Å². The van der Waals surface area contributed by atoms with Crippen LogP contribution in [0.3, 0.4) is 0 Å². The molecule has 0 bridgehead atoms. The molecule has 7 heteroatoms. The molecule has 0 amide bonds. The Morgan fingerprint density at radius 3 is 2.82 bits per heavy atom. The van der Waals surface area contributed by atoms with Gasteiger partial charge in [-0.1, -0.05) is 0 Å². The molecule has 0 fully saturated rings. The van der Waals surface area contributed by atoms with Crippen LogP contribution in [0.5, 0.6) is 6.01 Å². The number of hydrogen-bond acceptors (Lipinski definition) is 6. The van der Waals surface area contributed by atoms with E-state index in [1.165, 1.54) is 12.3 Å². The van der Waals surface area contributed by atoms with Crippen LogP contribution in [0, 0.1) is 0 Å². The number of hydrogen-bond donors (Lipinski definition) is 3. The van der Waals surface area contributed by atoms with Crippen molar-refractivity contribution >= 4 is 11.0 Å². The van der Waals surface area contributed by atoms with Crippen molar-refractivity contribution in [2.45, 2.75) is 6.10 Å². The number of aliphatic hydroxyl groups excluding tert-OH is 2. The van der Waals surface area contributed by atoms with Crippen molar-refractivity contribution in [1.29, 1.82) is 0 Å². The van der Waals surface area contributed by atoms with Gasteiger partial charge in [-0.05, 0) is 6.07 Å². The van der Waals surface area contributed by atoms with Crippen LogP contribution in [0.1, 0.15) is 0 Å². The van der Waals surface area contributed by atoms with Gasteiger partial charge in [-0.3, -0.25) is 4.79 Å². The van der Waals surface area contributed by atoms with Gasteiger partial charge in [0.05, 0.1) is 13.2 Å². The minimum Gasteiger partial charge on any atom is -0.455 e. The molecule has 0 saturated carbocycles. The van der Waals surface area contributed by atoms with Crippen LogP contribution in [-0.4, -0.2) is 44.5 Å². The lowest BCUT2D eigenvalue weighted by Crippen LogP contribution is -2.26. The number of ether oxygens (including phenoxy) is 1. The third-order valence-corrected chi connectivity index (χ3v) is 2.13. The first-order valence-corrected chi connectivity index (χ1v) is 4.97. The maximum absolute atomic E-state index is 11.1. The Bertz CT molecular complexity index is 565. The van der Waals surface area contributed by atoms with E-state index in [2.05, 4.69) is 15.0 Å². The van der Waals surface area contributed by atoms with Gasteiger partial charge in [-0.15, -0.1) is 0 Å². The molecule has 2 rings (SSSR count). The second kappa shape index (κ2) is 4.89. The highest BCUT2D eigenvalue weighted by atomic mass is 16.5. The van der Waals surface area contributed by atoms with Gasteiger partial charge in [0.15, 0.2) is 0 Å².